The van der Waals surface area contributed by atoms with Crippen molar-refractivity contribution in [2.24, 2.45) is 0 Å². The van der Waals surface area contributed by atoms with Gasteiger partial charge in [-0.2, -0.15) is 0 Å². The summed E-state index contributed by atoms with van der Waals surface area (Å²) in [4.78, 5) is 5.33. The minimum Gasteiger partial charge on any atom is -0.247 e. The van der Waals surface area contributed by atoms with Crippen LogP contribution in [-0.4, -0.2) is 4.98 Å². The summed E-state index contributed by atoms with van der Waals surface area (Å²) in [5.41, 5.74) is 13.4. The van der Waals surface area contributed by atoms with Crippen LogP contribution in [0, 0.1) is 0 Å². The van der Waals surface area contributed by atoms with E-state index in [9.17, 15) is 0 Å². The van der Waals surface area contributed by atoms with Gasteiger partial charge in [0, 0.05) is 16.3 Å². The maximum absolute atomic E-state index is 5.33. The monoisotopic (exact) mass is 631 g/mol. The molecule has 1 heterocycles. The Morgan fingerprint density at radius 1 is 0.300 bits per heavy atom. The zero-order valence-electron chi connectivity index (χ0n) is 27.2. The maximum Gasteiger partial charge on any atom is 0.0787 e. The number of pyridine rings is 1. The highest BCUT2D eigenvalue weighted by molar-refractivity contribution is 6.31. The quantitative estimate of drug-likeness (QED) is 0.177. The van der Waals surface area contributed by atoms with Gasteiger partial charge in [-0.1, -0.05) is 158 Å². The summed E-state index contributed by atoms with van der Waals surface area (Å²) in [7, 11) is 0. The van der Waals surface area contributed by atoms with E-state index in [1.807, 2.05) is 0 Å². The van der Waals surface area contributed by atoms with Crippen molar-refractivity contribution in [1.29, 1.82) is 0 Å². The van der Waals surface area contributed by atoms with Crippen molar-refractivity contribution in [3.05, 3.63) is 176 Å². The van der Waals surface area contributed by atoms with Crippen LogP contribution in [0.2, 0.25) is 0 Å². The molecule has 50 heavy (non-hydrogen) atoms. The van der Waals surface area contributed by atoms with Crippen LogP contribution in [0.1, 0.15) is 0 Å². The van der Waals surface area contributed by atoms with E-state index in [-0.39, 0.29) is 0 Å². The van der Waals surface area contributed by atoms with Crippen LogP contribution in [0.4, 0.5) is 0 Å². The molecule has 0 saturated carbocycles. The van der Waals surface area contributed by atoms with Gasteiger partial charge in [0.25, 0.3) is 0 Å². The SMILES string of the molecule is c1ccc(-c2c3c(c(-c4ccccc4)c4cc(-c5ccc6ccc7ccccc7c6n5)ccc24)-c2cc4ccccc4c4cccc-3c24)cc1. The van der Waals surface area contributed by atoms with Gasteiger partial charge in [-0.15, -0.1) is 0 Å². The lowest BCUT2D eigenvalue weighted by atomic mass is 9.82. The molecule has 0 N–H and O–H groups in total. The van der Waals surface area contributed by atoms with E-state index in [1.54, 1.807) is 0 Å². The van der Waals surface area contributed by atoms with E-state index in [1.165, 1.54) is 87.6 Å². The summed E-state index contributed by atoms with van der Waals surface area (Å²) >= 11 is 0. The van der Waals surface area contributed by atoms with Gasteiger partial charge in [0.05, 0.1) is 11.2 Å². The van der Waals surface area contributed by atoms with Crippen molar-refractivity contribution < 1.29 is 0 Å². The van der Waals surface area contributed by atoms with Crippen LogP contribution >= 0.6 is 0 Å². The third kappa shape index (κ3) is 3.86. The average Bonchev–Trinajstić information content (AvgIpc) is 3.51. The number of rotatable bonds is 3. The third-order valence-corrected chi connectivity index (χ3v) is 10.7. The van der Waals surface area contributed by atoms with Crippen LogP contribution in [0.3, 0.4) is 0 Å². The van der Waals surface area contributed by atoms with Crippen LogP contribution < -0.4 is 0 Å². The van der Waals surface area contributed by atoms with Gasteiger partial charge in [-0.3, -0.25) is 0 Å². The molecule has 0 amide bonds. The predicted octanol–water partition coefficient (Wildman–Crippen LogP) is 13.5. The first-order valence-electron chi connectivity index (χ1n) is 17.3. The Morgan fingerprint density at radius 3 is 1.72 bits per heavy atom. The maximum atomic E-state index is 5.33. The summed E-state index contributed by atoms with van der Waals surface area (Å²) in [6.45, 7) is 0. The lowest BCUT2D eigenvalue weighted by Gasteiger charge is -2.21. The Bertz CT molecular complexity index is 3010. The Kier molecular flexibility index (Phi) is 5.73. The molecule has 0 fully saturated rings. The fraction of sp³-hybridized carbons (Fsp3) is 0. The van der Waals surface area contributed by atoms with Gasteiger partial charge in [0.15, 0.2) is 0 Å². The Labute approximate surface area is 289 Å². The lowest BCUT2D eigenvalue weighted by molar-refractivity contribution is 1.41. The largest absolute Gasteiger partial charge is 0.247 e. The summed E-state index contributed by atoms with van der Waals surface area (Å²) in [6.07, 6.45) is 0. The van der Waals surface area contributed by atoms with Crippen molar-refractivity contribution in [3.63, 3.8) is 0 Å². The molecule has 1 aromatic heterocycles. The summed E-state index contributed by atoms with van der Waals surface area (Å²) in [5.74, 6) is 0. The van der Waals surface area contributed by atoms with Crippen molar-refractivity contribution >= 4 is 54.0 Å². The van der Waals surface area contributed by atoms with Gasteiger partial charge in [0.1, 0.15) is 0 Å². The van der Waals surface area contributed by atoms with E-state index in [0.29, 0.717) is 0 Å². The van der Waals surface area contributed by atoms with Crippen molar-refractivity contribution in [2.75, 3.05) is 0 Å². The number of benzene rings is 9. The predicted molar refractivity (Wildman–Crippen MR) is 213 cm³/mol. The molecule has 1 aliphatic carbocycles. The second-order valence-electron chi connectivity index (χ2n) is 13.4. The molecule has 0 aliphatic heterocycles. The number of hydrogen-bond acceptors (Lipinski definition) is 1. The Morgan fingerprint density at radius 2 is 0.920 bits per heavy atom. The zero-order valence-corrected chi connectivity index (χ0v) is 27.2. The number of fused-ring (bicyclic) bond motifs is 9. The molecule has 10 aromatic rings. The van der Waals surface area contributed by atoms with Gasteiger partial charge >= 0.3 is 0 Å². The van der Waals surface area contributed by atoms with Crippen molar-refractivity contribution in [1.82, 2.24) is 4.98 Å². The minimum absolute atomic E-state index is 0.980. The lowest BCUT2D eigenvalue weighted by Crippen LogP contribution is -1.95. The van der Waals surface area contributed by atoms with E-state index >= 15 is 0 Å². The van der Waals surface area contributed by atoms with Gasteiger partial charge in [-0.05, 0) is 100 Å². The Balaban J connectivity index is 1.30. The standard InChI is InChI=1S/C49H29N/c1-3-13-31(14-4-1)44-39-26-24-35(43-27-25-33-23-22-30-12-7-10-19-37(30)49(33)50-43)29-41(39)45(32-15-5-2-6-16-32)48-42-28-34-17-8-9-18-36(34)38-20-11-21-40(46(38)42)47(44)48/h1-29H. The van der Waals surface area contributed by atoms with Crippen LogP contribution in [0.15, 0.2) is 176 Å². The molecule has 0 unspecified atom stereocenters. The van der Waals surface area contributed by atoms with Crippen LogP contribution in [0.25, 0.3) is 110 Å². The summed E-state index contributed by atoms with van der Waals surface area (Å²) < 4.78 is 0. The fourth-order valence-corrected chi connectivity index (χ4v) is 8.58. The molecule has 0 atom stereocenters. The molecule has 1 heteroatoms. The topological polar surface area (TPSA) is 12.9 Å². The van der Waals surface area contributed by atoms with Gasteiger partial charge < -0.3 is 0 Å². The molecule has 11 rings (SSSR count). The summed E-state index contributed by atoms with van der Waals surface area (Å²) in [6, 6.07) is 64.4. The average molecular weight is 632 g/mol. The van der Waals surface area contributed by atoms with Gasteiger partial charge in [0.2, 0.25) is 0 Å². The molecule has 0 radical (unpaired) electrons. The molecule has 1 nitrogen and oxygen atoms in total. The first-order chi connectivity index (χ1) is 24.8. The smallest absolute Gasteiger partial charge is 0.0787 e. The first-order valence-corrected chi connectivity index (χ1v) is 17.3. The molecule has 9 aromatic carbocycles. The molecule has 0 saturated heterocycles. The van der Waals surface area contributed by atoms with E-state index < -0.39 is 0 Å². The second-order valence-corrected chi connectivity index (χ2v) is 13.4. The molecule has 0 bridgehead atoms. The highest BCUT2D eigenvalue weighted by Crippen LogP contribution is 2.58. The van der Waals surface area contributed by atoms with E-state index in [2.05, 4.69) is 176 Å². The molecule has 1 aliphatic rings. The van der Waals surface area contributed by atoms with Crippen LogP contribution in [0.5, 0.6) is 0 Å². The molecule has 230 valence electrons. The highest BCUT2D eigenvalue weighted by Gasteiger charge is 2.31. The van der Waals surface area contributed by atoms with Gasteiger partial charge in [-0.25, -0.2) is 4.98 Å². The minimum atomic E-state index is 0.980. The highest BCUT2D eigenvalue weighted by atomic mass is 14.7. The van der Waals surface area contributed by atoms with Crippen LogP contribution in [-0.2, 0) is 0 Å². The molecule has 0 spiro atoms. The molecular weight excluding hydrogens is 603 g/mol. The first kappa shape index (κ1) is 27.4. The second kappa shape index (κ2) is 10.5. The number of nitrogens with zero attached hydrogens (tertiary/aromatic N) is 1. The molecular formula is C49H29N. The number of hydrogen-bond donors (Lipinski definition) is 0. The van der Waals surface area contributed by atoms with Crippen molar-refractivity contribution in [3.8, 4) is 55.8 Å². The third-order valence-electron chi connectivity index (χ3n) is 10.7. The number of aromatic nitrogens is 1. The Hall–Kier alpha value is -6.57. The van der Waals surface area contributed by atoms with E-state index in [0.717, 1.165) is 22.2 Å². The van der Waals surface area contributed by atoms with E-state index in [4.69, 9.17) is 4.98 Å². The van der Waals surface area contributed by atoms with Crippen molar-refractivity contribution in [2.45, 2.75) is 0 Å². The normalized spacial score (nSPS) is 12.0. The summed E-state index contributed by atoms with van der Waals surface area (Å²) in [5, 5.41) is 11.2. The zero-order chi connectivity index (χ0) is 32.8. The fourth-order valence-electron chi connectivity index (χ4n) is 8.58.